The third kappa shape index (κ3) is 5.60. The summed E-state index contributed by atoms with van der Waals surface area (Å²) in [5.41, 5.74) is 2.14. The lowest BCUT2D eigenvalue weighted by molar-refractivity contribution is -0.121. The minimum Gasteiger partial charge on any atom is -0.300 e. The normalized spacial score (nSPS) is 10.9. The summed E-state index contributed by atoms with van der Waals surface area (Å²) >= 11 is 0. The van der Waals surface area contributed by atoms with Crippen molar-refractivity contribution in [2.75, 3.05) is 13.1 Å². The van der Waals surface area contributed by atoms with E-state index in [1.54, 1.807) is 0 Å². The average molecular weight is 187 g/mol. The zero-order valence-corrected chi connectivity index (χ0v) is 8.84. The molecule has 13 heavy (non-hydrogen) atoms. The lowest BCUT2D eigenvalue weighted by Gasteiger charge is -2.25. The van der Waals surface area contributed by atoms with Gasteiger partial charge in [0.05, 0.1) is 0 Å². The lowest BCUT2D eigenvalue weighted by atomic mass is 10.2. The van der Waals surface area contributed by atoms with Gasteiger partial charge in [0.1, 0.15) is 0 Å². The summed E-state index contributed by atoms with van der Waals surface area (Å²) in [4.78, 5) is 13.2. The molecule has 0 spiro atoms. The van der Waals surface area contributed by atoms with Gasteiger partial charge in [-0.25, -0.2) is 5.84 Å². The van der Waals surface area contributed by atoms with Crippen molar-refractivity contribution in [3.8, 4) is 0 Å². The second-order valence-corrected chi connectivity index (χ2v) is 3.45. The van der Waals surface area contributed by atoms with E-state index in [4.69, 9.17) is 5.84 Å². The number of rotatable bonds is 6. The average Bonchev–Trinajstić information content (AvgIpc) is 2.11. The first kappa shape index (κ1) is 12.4. The highest BCUT2D eigenvalue weighted by atomic mass is 16.2. The molecule has 0 aliphatic carbocycles. The predicted octanol–water partition coefficient (Wildman–Crippen LogP) is 0.487. The number of carbonyl (C=O) groups excluding carboxylic acids is 1. The molecule has 0 aromatic heterocycles. The van der Waals surface area contributed by atoms with E-state index in [0.717, 1.165) is 19.5 Å². The first-order valence-corrected chi connectivity index (χ1v) is 4.85. The summed E-state index contributed by atoms with van der Waals surface area (Å²) in [6, 6.07) is 0.491. The molecule has 0 aromatic carbocycles. The van der Waals surface area contributed by atoms with Gasteiger partial charge in [-0.1, -0.05) is 6.92 Å². The van der Waals surface area contributed by atoms with Crippen molar-refractivity contribution >= 4 is 5.91 Å². The van der Waals surface area contributed by atoms with Crippen LogP contribution >= 0.6 is 0 Å². The molecule has 0 aliphatic rings. The van der Waals surface area contributed by atoms with Crippen molar-refractivity contribution in [3.05, 3.63) is 0 Å². The van der Waals surface area contributed by atoms with Gasteiger partial charge in [-0.15, -0.1) is 0 Å². The molecule has 0 saturated carbocycles. The number of amides is 1. The van der Waals surface area contributed by atoms with Gasteiger partial charge in [-0.2, -0.15) is 0 Å². The molecule has 78 valence electrons. The molecule has 0 atom stereocenters. The monoisotopic (exact) mass is 187 g/mol. The molecular formula is C9H21N3O. The number of nitrogens with zero attached hydrogens (tertiary/aromatic N) is 1. The van der Waals surface area contributed by atoms with Gasteiger partial charge < -0.3 is 4.90 Å². The fourth-order valence-electron chi connectivity index (χ4n) is 1.23. The minimum absolute atomic E-state index is 0.0956. The Balaban J connectivity index is 3.75. The molecule has 4 heteroatoms. The van der Waals surface area contributed by atoms with Crippen molar-refractivity contribution < 1.29 is 4.79 Å². The Morgan fingerprint density at radius 2 is 2.08 bits per heavy atom. The highest BCUT2D eigenvalue weighted by Gasteiger charge is 2.09. The van der Waals surface area contributed by atoms with Crippen molar-refractivity contribution in [1.29, 1.82) is 0 Å². The van der Waals surface area contributed by atoms with E-state index in [1.807, 2.05) is 0 Å². The lowest BCUT2D eigenvalue weighted by Crippen LogP contribution is -2.37. The van der Waals surface area contributed by atoms with Gasteiger partial charge in [-0.05, 0) is 26.8 Å². The summed E-state index contributed by atoms with van der Waals surface area (Å²) in [6.07, 6.45) is 1.59. The van der Waals surface area contributed by atoms with E-state index in [9.17, 15) is 4.79 Å². The molecule has 3 N–H and O–H groups in total. The molecule has 0 heterocycles. The number of hydrazine groups is 1. The largest absolute Gasteiger partial charge is 0.300 e. The second kappa shape index (κ2) is 6.86. The van der Waals surface area contributed by atoms with Gasteiger partial charge in [0.25, 0.3) is 0 Å². The molecule has 0 radical (unpaired) electrons. The van der Waals surface area contributed by atoms with Crippen LogP contribution in [-0.4, -0.2) is 29.9 Å². The summed E-state index contributed by atoms with van der Waals surface area (Å²) in [5, 5.41) is 0. The van der Waals surface area contributed by atoms with Crippen LogP contribution in [0.4, 0.5) is 0 Å². The summed E-state index contributed by atoms with van der Waals surface area (Å²) in [6.45, 7) is 8.23. The molecule has 0 fully saturated rings. The Hall–Kier alpha value is -0.610. The van der Waals surface area contributed by atoms with Gasteiger partial charge in [0.15, 0.2) is 0 Å². The SMILES string of the molecule is CCCN(CCC(=O)NN)C(C)C. The Kier molecular flexibility index (Phi) is 6.54. The molecule has 0 rings (SSSR count). The fraction of sp³-hybridized carbons (Fsp3) is 0.889. The van der Waals surface area contributed by atoms with Crippen LogP contribution in [0.15, 0.2) is 0 Å². The second-order valence-electron chi connectivity index (χ2n) is 3.45. The van der Waals surface area contributed by atoms with E-state index in [1.165, 1.54) is 0 Å². The molecular weight excluding hydrogens is 166 g/mol. The molecule has 1 amide bonds. The quantitative estimate of drug-likeness (QED) is 0.361. The van der Waals surface area contributed by atoms with Gasteiger partial charge >= 0.3 is 0 Å². The number of carbonyl (C=O) groups is 1. The minimum atomic E-state index is -0.0956. The van der Waals surface area contributed by atoms with Crippen molar-refractivity contribution in [1.82, 2.24) is 10.3 Å². The zero-order valence-electron chi connectivity index (χ0n) is 8.84. The van der Waals surface area contributed by atoms with Crippen LogP contribution in [-0.2, 0) is 4.79 Å². The molecule has 0 unspecified atom stereocenters. The van der Waals surface area contributed by atoms with Crippen LogP contribution in [0.3, 0.4) is 0 Å². The number of hydrogen-bond donors (Lipinski definition) is 2. The maximum Gasteiger partial charge on any atom is 0.235 e. The van der Waals surface area contributed by atoms with Crippen molar-refractivity contribution in [2.24, 2.45) is 5.84 Å². The van der Waals surface area contributed by atoms with Gasteiger partial charge in [0.2, 0.25) is 5.91 Å². The molecule has 0 bridgehead atoms. The van der Waals surface area contributed by atoms with Crippen LogP contribution in [0.25, 0.3) is 0 Å². The molecule has 4 nitrogen and oxygen atoms in total. The maximum absolute atomic E-state index is 10.9. The Morgan fingerprint density at radius 1 is 1.46 bits per heavy atom. The Labute approximate surface area is 80.4 Å². The van der Waals surface area contributed by atoms with Crippen LogP contribution in [0.5, 0.6) is 0 Å². The van der Waals surface area contributed by atoms with Gasteiger partial charge in [0, 0.05) is 19.0 Å². The van der Waals surface area contributed by atoms with E-state index >= 15 is 0 Å². The van der Waals surface area contributed by atoms with Crippen LogP contribution in [0, 0.1) is 0 Å². The first-order chi connectivity index (χ1) is 6.11. The third-order valence-electron chi connectivity index (χ3n) is 2.03. The third-order valence-corrected chi connectivity index (χ3v) is 2.03. The number of nitrogens with two attached hydrogens (primary N) is 1. The van der Waals surface area contributed by atoms with Crippen molar-refractivity contribution in [3.63, 3.8) is 0 Å². The molecule has 0 saturated heterocycles. The number of hydrogen-bond acceptors (Lipinski definition) is 3. The zero-order chi connectivity index (χ0) is 10.3. The highest BCUT2D eigenvalue weighted by molar-refractivity contribution is 5.75. The predicted molar refractivity (Wildman–Crippen MR) is 53.9 cm³/mol. The standard InChI is InChI=1S/C9H21N3O/c1-4-6-12(8(2)3)7-5-9(13)11-10/h8H,4-7,10H2,1-3H3,(H,11,13). The summed E-state index contributed by atoms with van der Waals surface area (Å²) in [7, 11) is 0. The highest BCUT2D eigenvalue weighted by Crippen LogP contribution is 2.00. The maximum atomic E-state index is 10.9. The molecule has 0 aromatic rings. The van der Waals surface area contributed by atoms with E-state index in [0.29, 0.717) is 12.5 Å². The first-order valence-electron chi connectivity index (χ1n) is 4.85. The number of nitrogens with one attached hydrogen (secondary N) is 1. The Bertz CT molecular complexity index is 148. The van der Waals surface area contributed by atoms with E-state index in [2.05, 4.69) is 31.1 Å². The van der Waals surface area contributed by atoms with Crippen molar-refractivity contribution in [2.45, 2.75) is 39.7 Å². The van der Waals surface area contributed by atoms with E-state index in [-0.39, 0.29) is 5.91 Å². The fourth-order valence-corrected chi connectivity index (χ4v) is 1.23. The Morgan fingerprint density at radius 3 is 2.46 bits per heavy atom. The van der Waals surface area contributed by atoms with Gasteiger partial charge in [-0.3, -0.25) is 10.2 Å². The van der Waals surface area contributed by atoms with E-state index < -0.39 is 0 Å². The summed E-state index contributed by atoms with van der Waals surface area (Å²) < 4.78 is 0. The topological polar surface area (TPSA) is 58.4 Å². The van der Waals surface area contributed by atoms with Crippen LogP contribution in [0.2, 0.25) is 0 Å². The molecule has 0 aliphatic heterocycles. The summed E-state index contributed by atoms with van der Waals surface area (Å²) in [5.74, 6) is 4.89. The van der Waals surface area contributed by atoms with Crippen LogP contribution < -0.4 is 11.3 Å². The van der Waals surface area contributed by atoms with Crippen LogP contribution in [0.1, 0.15) is 33.6 Å². The smallest absolute Gasteiger partial charge is 0.235 e.